The number of amides is 2. The highest BCUT2D eigenvalue weighted by Crippen LogP contribution is 2.26. The molecule has 1 saturated heterocycles. The Morgan fingerprint density at radius 3 is 2.58 bits per heavy atom. The monoisotopic (exact) mass is 268 g/mol. The molecule has 1 aliphatic carbocycles. The molecule has 0 spiro atoms. The van der Waals surface area contributed by atoms with Gasteiger partial charge in [0.15, 0.2) is 0 Å². The fraction of sp³-hybridized carbons (Fsp3) is 0.857. The third kappa shape index (κ3) is 3.61. The van der Waals surface area contributed by atoms with E-state index >= 15 is 0 Å². The highest BCUT2D eigenvalue weighted by atomic mass is 16.4. The van der Waals surface area contributed by atoms with Gasteiger partial charge in [-0.3, -0.25) is 4.79 Å². The minimum Gasteiger partial charge on any atom is -0.481 e. The SMILES string of the molecule is CN(C(=O)N1CCCC(CCC(=O)O)C1)C1CCC1. The first-order chi connectivity index (χ1) is 9.08. The number of urea groups is 1. The molecule has 2 aliphatic rings. The van der Waals surface area contributed by atoms with Crippen LogP contribution in [0.3, 0.4) is 0 Å². The number of rotatable bonds is 4. The van der Waals surface area contributed by atoms with Crippen LogP contribution in [0.2, 0.25) is 0 Å². The van der Waals surface area contributed by atoms with Crippen LogP contribution in [-0.4, -0.2) is 53.1 Å². The van der Waals surface area contributed by atoms with Gasteiger partial charge in [-0.2, -0.15) is 0 Å². The Kier molecular flexibility index (Phi) is 4.66. The number of hydrogen-bond acceptors (Lipinski definition) is 2. The summed E-state index contributed by atoms with van der Waals surface area (Å²) in [5, 5.41) is 8.73. The van der Waals surface area contributed by atoms with Gasteiger partial charge in [-0.05, 0) is 44.4 Å². The highest BCUT2D eigenvalue weighted by molar-refractivity contribution is 5.74. The smallest absolute Gasteiger partial charge is 0.319 e. The standard InChI is InChI=1S/C14H24N2O3/c1-15(12-5-2-6-12)14(19)16-9-3-4-11(10-16)7-8-13(17)18/h11-12H,2-10H2,1H3,(H,17,18). The first-order valence-electron chi connectivity index (χ1n) is 7.31. The lowest BCUT2D eigenvalue weighted by atomic mass is 9.91. The van der Waals surface area contributed by atoms with Crippen molar-refractivity contribution in [3.8, 4) is 0 Å². The third-order valence-corrected chi connectivity index (χ3v) is 4.48. The summed E-state index contributed by atoms with van der Waals surface area (Å²) in [7, 11) is 1.90. The largest absolute Gasteiger partial charge is 0.481 e. The van der Waals surface area contributed by atoms with Crippen LogP contribution in [0.1, 0.15) is 44.9 Å². The molecule has 5 nitrogen and oxygen atoms in total. The van der Waals surface area contributed by atoms with Gasteiger partial charge in [-0.15, -0.1) is 0 Å². The number of carboxylic acid groups (broad SMARTS) is 1. The molecule has 0 aromatic heterocycles. The Bertz CT molecular complexity index is 342. The topological polar surface area (TPSA) is 60.9 Å². The van der Waals surface area contributed by atoms with Crippen molar-refractivity contribution in [1.29, 1.82) is 0 Å². The van der Waals surface area contributed by atoms with E-state index in [4.69, 9.17) is 5.11 Å². The fourth-order valence-corrected chi connectivity index (χ4v) is 2.96. The van der Waals surface area contributed by atoms with Crippen molar-refractivity contribution in [1.82, 2.24) is 9.80 Å². The van der Waals surface area contributed by atoms with E-state index in [9.17, 15) is 9.59 Å². The van der Waals surface area contributed by atoms with E-state index in [1.165, 1.54) is 6.42 Å². The first-order valence-corrected chi connectivity index (χ1v) is 7.31. The normalized spacial score (nSPS) is 23.8. The van der Waals surface area contributed by atoms with Crippen molar-refractivity contribution >= 4 is 12.0 Å². The maximum atomic E-state index is 12.4. The van der Waals surface area contributed by atoms with Crippen molar-refractivity contribution in [2.45, 2.75) is 51.0 Å². The van der Waals surface area contributed by atoms with E-state index in [-0.39, 0.29) is 12.5 Å². The molecule has 5 heteroatoms. The number of hydrogen-bond donors (Lipinski definition) is 1. The summed E-state index contributed by atoms with van der Waals surface area (Å²) in [5.74, 6) is -0.390. The van der Waals surface area contributed by atoms with Crippen molar-refractivity contribution in [2.24, 2.45) is 5.92 Å². The van der Waals surface area contributed by atoms with Crippen LogP contribution in [-0.2, 0) is 4.79 Å². The first kappa shape index (κ1) is 14.2. The van der Waals surface area contributed by atoms with Crippen LogP contribution in [0.5, 0.6) is 0 Å². The third-order valence-electron chi connectivity index (χ3n) is 4.48. The Morgan fingerprint density at radius 1 is 1.26 bits per heavy atom. The molecule has 2 rings (SSSR count). The molecule has 1 N–H and O–H groups in total. The van der Waals surface area contributed by atoms with Crippen LogP contribution in [0.4, 0.5) is 4.79 Å². The lowest BCUT2D eigenvalue weighted by Gasteiger charge is -2.40. The molecule has 1 saturated carbocycles. The lowest BCUT2D eigenvalue weighted by Crippen LogP contribution is -2.51. The van der Waals surface area contributed by atoms with Gasteiger partial charge >= 0.3 is 12.0 Å². The molecule has 1 heterocycles. The predicted octanol–water partition coefficient (Wildman–Crippen LogP) is 2.17. The number of piperidine rings is 1. The van der Waals surface area contributed by atoms with Gasteiger partial charge in [0.25, 0.3) is 0 Å². The van der Waals surface area contributed by atoms with Crippen molar-refractivity contribution < 1.29 is 14.7 Å². The van der Waals surface area contributed by atoms with Crippen LogP contribution in [0.25, 0.3) is 0 Å². The average Bonchev–Trinajstić information content (AvgIpc) is 2.33. The van der Waals surface area contributed by atoms with Crippen molar-refractivity contribution in [3.05, 3.63) is 0 Å². The minimum atomic E-state index is -0.741. The van der Waals surface area contributed by atoms with E-state index in [0.717, 1.165) is 38.8 Å². The molecule has 2 fully saturated rings. The van der Waals surface area contributed by atoms with E-state index in [0.29, 0.717) is 18.4 Å². The molecule has 2 amide bonds. The molecule has 19 heavy (non-hydrogen) atoms. The summed E-state index contributed by atoms with van der Waals surface area (Å²) < 4.78 is 0. The van der Waals surface area contributed by atoms with Crippen LogP contribution >= 0.6 is 0 Å². The second-order valence-corrected chi connectivity index (χ2v) is 5.86. The second kappa shape index (κ2) is 6.26. The molecule has 1 unspecified atom stereocenters. The highest BCUT2D eigenvalue weighted by Gasteiger charge is 2.31. The molecule has 0 bridgehead atoms. The number of carboxylic acids is 1. The number of nitrogens with zero attached hydrogens (tertiary/aromatic N) is 2. The van der Waals surface area contributed by atoms with Gasteiger partial charge in [0, 0.05) is 32.6 Å². The maximum absolute atomic E-state index is 12.4. The van der Waals surface area contributed by atoms with Crippen LogP contribution in [0, 0.1) is 5.92 Å². The summed E-state index contributed by atoms with van der Waals surface area (Å²) in [6.45, 7) is 1.54. The number of carbonyl (C=O) groups is 2. The average molecular weight is 268 g/mol. The van der Waals surface area contributed by atoms with Crippen LogP contribution in [0.15, 0.2) is 0 Å². The Labute approximate surface area is 114 Å². The Morgan fingerprint density at radius 2 is 2.00 bits per heavy atom. The summed E-state index contributed by atoms with van der Waals surface area (Å²) in [6, 6.07) is 0.552. The van der Waals surface area contributed by atoms with E-state index in [2.05, 4.69) is 0 Å². The van der Waals surface area contributed by atoms with E-state index < -0.39 is 5.97 Å². The number of likely N-dealkylation sites (tertiary alicyclic amines) is 1. The van der Waals surface area contributed by atoms with Gasteiger partial charge in [0.05, 0.1) is 0 Å². The zero-order chi connectivity index (χ0) is 13.8. The predicted molar refractivity (Wildman–Crippen MR) is 72.0 cm³/mol. The molecule has 0 radical (unpaired) electrons. The lowest BCUT2D eigenvalue weighted by molar-refractivity contribution is -0.137. The van der Waals surface area contributed by atoms with Gasteiger partial charge in [-0.25, -0.2) is 4.79 Å². The quantitative estimate of drug-likeness (QED) is 0.850. The van der Waals surface area contributed by atoms with Gasteiger partial charge < -0.3 is 14.9 Å². The maximum Gasteiger partial charge on any atom is 0.319 e. The van der Waals surface area contributed by atoms with Gasteiger partial charge in [0.1, 0.15) is 0 Å². The molecular formula is C14H24N2O3. The Balaban J connectivity index is 1.82. The molecule has 108 valence electrons. The summed E-state index contributed by atoms with van der Waals surface area (Å²) in [4.78, 5) is 26.8. The minimum absolute atomic E-state index is 0.129. The Hall–Kier alpha value is -1.26. The summed E-state index contributed by atoms with van der Waals surface area (Å²) in [6.07, 6.45) is 6.41. The molecule has 0 aromatic rings. The molecular weight excluding hydrogens is 244 g/mol. The van der Waals surface area contributed by atoms with Gasteiger partial charge in [0.2, 0.25) is 0 Å². The fourth-order valence-electron chi connectivity index (χ4n) is 2.96. The van der Waals surface area contributed by atoms with Gasteiger partial charge in [-0.1, -0.05) is 0 Å². The van der Waals surface area contributed by atoms with E-state index in [1.807, 2.05) is 16.8 Å². The van der Waals surface area contributed by atoms with Crippen molar-refractivity contribution in [3.63, 3.8) is 0 Å². The van der Waals surface area contributed by atoms with Crippen molar-refractivity contribution in [2.75, 3.05) is 20.1 Å². The van der Waals surface area contributed by atoms with Crippen LogP contribution < -0.4 is 0 Å². The molecule has 1 atom stereocenters. The molecule has 1 aliphatic heterocycles. The second-order valence-electron chi connectivity index (χ2n) is 5.86. The number of aliphatic carboxylic acids is 1. The zero-order valence-electron chi connectivity index (χ0n) is 11.7. The summed E-state index contributed by atoms with van der Waals surface area (Å²) in [5.41, 5.74) is 0. The van der Waals surface area contributed by atoms with E-state index in [1.54, 1.807) is 0 Å². The number of carbonyl (C=O) groups excluding carboxylic acids is 1. The molecule has 0 aromatic carbocycles. The summed E-state index contributed by atoms with van der Waals surface area (Å²) >= 11 is 0. The zero-order valence-corrected chi connectivity index (χ0v) is 11.7.